The van der Waals surface area contributed by atoms with Crippen molar-refractivity contribution in [3.63, 3.8) is 0 Å². The van der Waals surface area contributed by atoms with Crippen LogP contribution in [0.4, 0.5) is 5.82 Å². The molecule has 1 amide bonds. The van der Waals surface area contributed by atoms with Crippen LogP contribution < -0.4 is 15.4 Å². The number of unbranched alkanes of at least 4 members (excludes halogenated alkanes) is 1. The van der Waals surface area contributed by atoms with Gasteiger partial charge in [0.25, 0.3) is 5.91 Å². The van der Waals surface area contributed by atoms with Crippen molar-refractivity contribution in [2.45, 2.75) is 26.7 Å². The lowest BCUT2D eigenvalue weighted by Crippen LogP contribution is -2.28. The van der Waals surface area contributed by atoms with Crippen molar-refractivity contribution in [3.05, 3.63) is 60.2 Å². The van der Waals surface area contributed by atoms with Crippen molar-refractivity contribution in [2.24, 2.45) is 0 Å². The minimum atomic E-state index is -0.123. The highest BCUT2D eigenvalue weighted by Gasteiger charge is 2.06. The molecule has 2 heterocycles. The van der Waals surface area contributed by atoms with Crippen LogP contribution in [0, 0.1) is 6.92 Å². The second-order valence-electron chi connectivity index (χ2n) is 6.57. The van der Waals surface area contributed by atoms with Crippen molar-refractivity contribution >= 4 is 11.7 Å². The third kappa shape index (κ3) is 6.03. The summed E-state index contributed by atoms with van der Waals surface area (Å²) >= 11 is 0. The van der Waals surface area contributed by atoms with Crippen LogP contribution in [0.2, 0.25) is 0 Å². The molecule has 0 atom stereocenters. The first-order valence-corrected chi connectivity index (χ1v) is 9.75. The third-order valence-corrected chi connectivity index (χ3v) is 4.21. The van der Waals surface area contributed by atoms with Gasteiger partial charge >= 0.3 is 0 Å². The van der Waals surface area contributed by atoms with Crippen LogP contribution >= 0.6 is 0 Å². The molecule has 3 rings (SSSR count). The van der Waals surface area contributed by atoms with Gasteiger partial charge in [-0.05, 0) is 43.7 Å². The van der Waals surface area contributed by atoms with Crippen LogP contribution in [0.25, 0.3) is 5.82 Å². The first-order chi connectivity index (χ1) is 14.2. The Balaban J connectivity index is 1.44. The van der Waals surface area contributed by atoms with E-state index in [1.54, 1.807) is 16.8 Å². The largest absolute Gasteiger partial charge is 0.494 e. The van der Waals surface area contributed by atoms with Gasteiger partial charge in [-0.15, -0.1) is 0 Å². The van der Waals surface area contributed by atoms with Crippen molar-refractivity contribution in [1.29, 1.82) is 0 Å². The highest BCUT2D eigenvalue weighted by molar-refractivity contribution is 5.94. The number of nitrogens with zero attached hydrogens (tertiary/aromatic N) is 4. The second kappa shape index (κ2) is 10.2. The van der Waals surface area contributed by atoms with Crippen LogP contribution in [0.3, 0.4) is 0 Å². The van der Waals surface area contributed by atoms with Gasteiger partial charge in [-0.25, -0.2) is 14.6 Å². The maximum Gasteiger partial charge on any atom is 0.251 e. The summed E-state index contributed by atoms with van der Waals surface area (Å²) in [6, 6.07) is 10.9. The van der Waals surface area contributed by atoms with Gasteiger partial charge in [0.1, 0.15) is 17.9 Å². The number of rotatable bonds is 10. The lowest BCUT2D eigenvalue weighted by atomic mass is 10.2. The highest BCUT2D eigenvalue weighted by Crippen LogP contribution is 2.13. The summed E-state index contributed by atoms with van der Waals surface area (Å²) in [6.07, 6.45) is 5.44. The number of benzene rings is 1. The van der Waals surface area contributed by atoms with Gasteiger partial charge in [-0.2, -0.15) is 5.10 Å². The lowest BCUT2D eigenvalue weighted by Gasteiger charge is -2.09. The van der Waals surface area contributed by atoms with E-state index >= 15 is 0 Å². The van der Waals surface area contributed by atoms with E-state index in [9.17, 15) is 4.79 Å². The Morgan fingerprint density at radius 3 is 2.69 bits per heavy atom. The summed E-state index contributed by atoms with van der Waals surface area (Å²) in [5, 5.41) is 10.4. The van der Waals surface area contributed by atoms with Crippen molar-refractivity contribution in [3.8, 4) is 11.6 Å². The van der Waals surface area contributed by atoms with Crippen molar-refractivity contribution in [2.75, 3.05) is 25.0 Å². The summed E-state index contributed by atoms with van der Waals surface area (Å²) in [5.41, 5.74) is 1.52. The monoisotopic (exact) mass is 394 g/mol. The highest BCUT2D eigenvalue weighted by atomic mass is 16.5. The number of carbonyl (C=O) groups excluding carboxylic acids is 1. The number of aromatic nitrogens is 4. The molecule has 0 aliphatic carbocycles. The minimum Gasteiger partial charge on any atom is -0.494 e. The number of carbonyl (C=O) groups is 1. The van der Waals surface area contributed by atoms with Gasteiger partial charge in [-0.3, -0.25) is 4.79 Å². The molecule has 0 aliphatic rings. The predicted molar refractivity (Wildman–Crippen MR) is 112 cm³/mol. The molecule has 2 N–H and O–H groups in total. The molecule has 0 saturated heterocycles. The molecule has 152 valence electrons. The van der Waals surface area contributed by atoms with Gasteiger partial charge in [0.05, 0.1) is 12.3 Å². The van der Waals surface area contributed by atoms with Gasteiger partial charge < -0.3 is 15.4 Å². The zero-order valence-corrected chi connectivity index (χ0v) is 16.8. The fourth-order valence-electron chi connectivity index (χ4n) is 2.62. The summed E-state index contributed by atoms with van der Waals surface area (Å²) < 4.78 is 7.31. The van der Waals surface area contributed by atoms with Crippen LogP contribution in [0.5, 0.6) is 5.75 Å². The molecule has 8 nitrogen and oxygen atoms in total. The number of ether oxygens (including phenoxy) is 1. The average molecular weight is 394 g/mol. The second-order valence-corrected chi connectivity index (χ2v) is 6.57. The zero-order chi connectivity index (χ0) is 20.5. The maximum atomic E-state index is 12.3. The van der Waals surface area contributed by atoms with E-state index in [0.717, 1.165) is 24.3 Å². The molecular formula is C21H26N6O2. The minimum absolute atomic E-state index is 0.123. The van der Waals surface area contributed by atoms with E-state index in [0.29, 0.717) is 36.9 Å². The maximum absolute atomic E-state index is 12.3. The topological polar surface area (TPSA) is 94.0 Å². The van der Waals surface area contributed by atoms with Crippen LogP contribution in [0.1, 0.15) is 35.8 Å². The molecular weight excluding hydrogens is 368 g/mol. The summed E-state index contributed by atoms with van der Waals surface area (Å²) in [7, 11) is 0. The molecule has 29 heavy (non-hydrogen) atoms. The number of hydrogen-bond acceptors (Lipinski definition) is 6. The van der Waals surface area contributed by atoms with Crippen LogP contribution in [-0.2, 0) is 0 Å². The third-order valence-electron chi connectivity index (χ3n) is 4.21. The number of anilines is 1. The van der Waals surface area contributed by atoms with Crippen molar-refractivity contribution in [1.82, 2.24) is 25.1 Å². The van der Waals surface area contributed by atoms with Crippen LogP contribution in [-0.4, -0.2) is 45.4 Å². The van der Waals surface area contributed by atoms with Gasteiger partial charge in [0.2, 0.25) is 0 Å². The average Bonchev–Trinajstić information content (AvgIpc) is 3.18. The molecule has 1 aromatic carbocycles. The van der Waals surface area contributed by atoms with E-state index in [4.69, 9.17) is 4.74 Å². The molecule has 0 bridgehead atoms. The van der Waals surface area contributed by atoms with E-state index in [-0.39, 0.29) is 5.91 Å². The predicted octanol–water partition coefficient (Wildman–Crippen LogP) is 2.99. The number of amides is 1. The van der Waals surface area contributed by atoms with Gasteiger partial charge in [-0.1, -0.05) is 13.3 Å². The molecule has 3 aromatic rings. The summed E-state index contributed by atoms with van der Waals surface area (Å²) in [4.78, 5) is 20.7. The zero-order valence-electron chi connectivity index (χ0n) is 16.8. The van der Waals surface area contributed by atoms with Gasteiger partial charge in [0.15, 0.2) is 5.82 Å². The smallest absolute Gasteiger partial charge is 0.251 e. The van der Waals surface area contributed by atoms with E-state index in [1.165, 1.54) is 6.33 Å². The van der Waals surface area contributed by atoms with Crippen molar-refractivity contribution < 1.29 is 9.53 Å². The standard InChI is InChI=1S/C21H26N6O2/c1-3-4-13-29-18-7-5-17(6-8-18)21(28)23-11-10-22-19-14-20(25-15-24-19)27-12-9-16(2)26-27/h5-9,12,14-15H,3-4,10-11,13H2,1-2H3,(H,23,28)(H,22,24,25). The summed E-state index contributed by atoms with van der Waals surface area (Å²) in [6.45, 7) is 5.74. The Labute approximate surface area is 170 Å². The normalized spacial score (nSPS) is 10.6. The molecule has 0 aliphatic heterocycles. The fourth-order valence-corrected chi connectivity index (χ4v) is 2.62. The lowest BCUT2D eigenvalue weighted by molar-refractivity contribution is 0.0955. The first kappa shape index (κ1) is 20.3. The first-order valence-electron chi connectivity index (χ1n) is 9.75. The Hall–Kier alpha value is -3.42. The van der Waals surface area contributed by atoms with Crippen LogP contribution in [0.15, 0.2) is 48.9 Å². The molecule has 8 heteroatoms. The van der Waals surface area contributed by atoms with E-state index in [1.807, 2.05) is 37.4 Å². The number of hydrogen-bond donors (Lipinski definition) is 2. The molecule has 0 fully saturated rings. The SMILES string of the molecule is CCCCOc1ccc(C(=O)NCCNc2cc(-n3ccc(C)n3)ncn2)cc1. The Morgan fingerprint density at radius 1 is 1.14 bits per heavy atom. The van der Waals surface area contributed by atoms with Gasteiger partial charge in [0, 0.05) is 30.9 Å². The molecule has 0 spiro atoms. The Bertz CT molecular complexity index is 923. The molecule has 0 saturated carbocycles. The molecule has 0 radical (unpaired) electrons. The summed E-state index contributed by atoms with van der Waals surface area (Å²) in [5.74, 6) is 2.01. The Morgan fingerprint density at radius 2 is 1.97 bits per heavy atom. The fraction of sp³-hybridized carbons (Fsp3) is 0.333. The molecule has 0 unspecified atom stereocenters. The van der Waals surface area contributed by atoms with E-state index in [2.05, 4.69) is 32.6 Å². The Kier molecular flexibility index (Phi) is 7.16. The quantitative estimate of drug-likeness (QED) is 0.514. The number of nitrogens with one attached hydrogen (secondary N) is 2. The molecule has 2 aromatic heterocycles. The number of aryl methyl sites for hydroxylation is 1. The van der Waals surface area contributed by atoms with E-state index < -0.39 is 0 Å².